The van der Waals surface area contributed by atoms with Crippen LogP contribution in [0.2, 0.25) is 0 Å². The molecule has 0 aromatic heterocycles. The minimum atomic E-state index is -2.67. The Morgan fingerprint density at radius 1 is 0.722 bits per heavy atom. The predicted molar refractivity (Wildman–Crippen MR) is 71.7 cm³/mol. The van der Waals surface area contributed by atoms with Gasteiger partial charge < -0.3 is 0 Å². The third kappa shape index (κ3) is 2.90. The SMILES string of the molecule is COc1ccc([Te](=O)c2ccc(OC)cc2)cc1. The normalized spacial score (nSPS) is 10.4. The molecule has 0 amide bonds. The van der Waals surface area contributed by atoms with E-state index in [9.17, 15) is 3.10 Å². The first kappa shape index (κ1) is 13.1. The van der Waals surface area contributed by atoms with E-state index in [4.69, 9.17) is 9.47 Å². The number of ether oxygens (including phenoxy) is 2. The minimum absolute atomic E-state index is 0.778. The van der Waals surface area contributed by atoms with E-state index in [0.717, 1.165) is 18.7 Å². The average Bonchev–Trinajstić information content (AvgIpc) is 2.47. The molecule has 94 valence electrons. The Morgan fingerprint density at radius 2 is 1.06 bits per heavy atom. The third-order valence-electron chi connectivity index (χ3n) is 2.55. The number of hydrogen-bond acceptors (Lipinski definition) is 3. The Hall–Kier alpha value is -1.37. The van der Waals surface area contributed by atoms with Gasteiger partial charge in [-0.05, 0) is 0 Å². The molecule has 0 heterocycles. The van der Waals surface area contributed by atoms with E-state index in [2.05, 4.69) is 0 Å². The van der Waals surface area contributed by atoms with Crippen molar-refractivity contribution in [2.75, 3.05) is 14.2 Å². The van der Waals surface area contributed by atoms with Crippen LogP contribution in [0.25, 0.3) is 0 Å². The van der Waals surface area contributed by atoms with Gasteiger partial charge in [0.2, 0.25) is 0 Å². The Bertz CT molecular complexity index is 482. The summed E-state index contributed by atoms with van der Waals surface area (Å²) in [5, 5.41) is 0. The van der Waals surface area contributed by atoms with Gasteiger partial charge >= 0.3 is 114 Å². The van der Waals surface area contributed by atoms with Gasteiger partial charge in [0.1, 0.15) is 0 Å². The average molecular weight is 358 g/mol. The van der Waals surface area contributed by atoms with Gasteiger partial charge in [0.25, 0.3) is 0 Å². The Labute approximate surface area is 113 Å². The second kappa shape index (κ2) is 5.99. The molecule has 0 fully saturated rings. The summed E-state index contributed by atoms with van der Waals surface area (Å²) in [7, 11) is 3.24. The summed E-state index contributed by atoms with van der Waals surface area (Å²) >= 11 is -2.67. The van der Waals surface area contributed by atoms with Crippen LogP contribution in [-0.2, 0) is 3.10 Å². The van der Waals surface area contributed by atoms with Crippen LogP contribution in [-0.4, -0.2) is 33.8 Å². The molecular weight excluding hydrogens is 344 g/mol. The molecule has 0 spiro atoms. The van der Waals surface area contributed by atoms with Crippen molar-refractivity contribution in [3.63, 3.8) is 0 Å². The molecule has 18 heavy (non-hydrogen) atoms. The summed E-state index contributed by atoms with van der Waals surface area (Å²) in [5.41, 5.74) is 0. The first-order chi connectivity index (χ1) is 8.74. The number of benzene rings is 2. The zero-order chi connectivity index (χ0) is 13.0. The molecule has 0 atom stereocenters. The van der Waals surface area contributed by atoms with Crippen molar-refractivity contribution >= 4 is 26.8 Å². The van der Waals surface area contributed by atoms with Gasteiger partial charge in [-0.2, -0.15) is 0 Å². The monoisotopic (exact) mass is 360 g/mol. The number of hydrogen-bond donors (Lipinski definition) is 0. The van der Waals surface area contributed by atoms with E-state index in [1.54, 1.807) is 14.2 Å². The standard InChI is InChI=1S/C14H14O3Te/c1-16-11-3-7-13(8-4-11)18(15)14-9-5-12(17-2)6-10-14/h3-10H,1-2H3. The van der Waals surface area contributed by atoms with Gasteiger partial charge in [-0.15, -0.1) is 0 Å². The molecule has 0 saturated heterocycles. The quantitative estimate of drug-likeness (QED) is 0.772. The van der Waals surface area contributed by atoms with Crippen LogP contribution in [0.3, 0.4) is 0 Å². The third-order valence-corrected chi connectivity index (χ3v) is 6.54. The fourth-order valence-corrected chi connectivity index (χ4v) is 4.50. The summed E-state index contributed by atoms with van der Waals surface area (Å²) in [6.45, 7) is 0. The topological polar surface area (TPSA) is 35.5 Å². The molecule has 0 aliphatic carbocycles. The van der Waals surface area contributed by atoms with E-state index in [1.165, 1.54) is 0 Å². The molecule has 0 aliphatic heterocycles. The molecule has 2 aromatic rings. The molecule has 0 unspecified atom stereocenters. The number of methoxy groups -OCH3 is 2. The van der Waals surface area contributed by atoms with Gasteiger partial charge in [-0.25, -0.2) is 0 Å². The molecule has 0 saturated carbocycles. The van der Waals surface area contributed by atoms with Crippen molar-refractivity contribution in [1.29, 1.82) is 0 Å². The Balaban J connectivity index is 2.23. The molecule has 2 aromatic carbocycles. The van der Waals surface area contributed by atoms with E-state index in [-0.39, 0.29) is 0 Å². The van der Waals surface area contributed by atoms with E-state index >= 15 is 0 Å². The van der Waals surface area contributed by atoms with Crippen LogP contribution in [0, 0.1) is 0 Å². The molecule has 3 nitrogen and oxygen atoms in total. The fraction of sp³-hybridized carbons (Fsp3) is 0.143. The van der Waals surface area contributed by atoms with Crippen LogP contribution in [0.15, 0.2) is 48.5 Å². The zero-order valence-electron chi connectivity index (χ0n) is 10.3. The molecule has 0 bridgehead atoms. The van der Waals surface area contributed by atoms with Crippen LogP contribution < -0.4 is 16.7 Å². The summed E-state index contributed by atoms with van der Waals surface area (Å²) in [6.07, 6.45) is 0. The predicted octanol–water partition coefficient (Wildman–Crippen LogP) is 1.24. The molecular formula is C14H14O3Te. The second-order valence-electron chi connectivity index (χ2n) is 3.62. The van der Waals surface area contributed by atoms with Gasteiger partial charge in [0.15, 0.2) is 0 Å². The van der Waals surface area contributed by atoms with Crippen molar-refractivity contribution in [3.05, 3.63) is 48.5 Å². The van der Waals surface area contributed by atoms with E-state index in [1.807, 2.05) is 48.5 Å². The maximum absolute atomic E-state index is 12.4. The van der Waals surface area contributed by atoms with Crippen LogP contribution in [0.1, 0.15) is 0 Å². The van der Waals surface area contributed by atoms with Gasteiger partial charge in [-0.1, -0.05) is 0 Å². The van der Waals surface area contributed by atoms with Crippen LogP contribution >= 0.6 is 0 Å². The summed E-state index contributed by atoms with van der Waals surface area (Å²) in [5.74, 6) is 1.56. The number of rotatable bonds is 4. The van der Waals surface area contributed by atoms with Crippen molar-refractivity contribution < 1.29 is 12.6 Å². The van der Waals surface area contributed by atoms with Crippen LogP contribution in [0.4, 0.5) is 0 Å². The van der Waals surface area contributed by atoms with Crippen LogP contribution in [0.5, 0.6) is 11.5 Å². The first-order valence-electron chi connectivity index (χ1n) is 5.44. The summed E-state index contributed by atoms with van der Waals surface area (Å²) in [4.78, 5) is 0. The molecule has 0 radical (unpaired) electrons. The molecule has 0 N–H and O–H groups in total. The Kier molecular flexibility index (Phi) is 4.35. The van der Waals surface area contributed by atoms with Crippen molar-refractivity contribution in [1.82, 2.24) is 0 Å². The molecule has 2 rings (SSSR count). The maximum atomic E-state index is 12.4. The van der Waals surface area contributed by atoms with Gasteiger partial charge in [-0.3, -0.25) is 0 Å². The second-order valence-corrected chi connectivity index (χ2v) is 7.84. The summed E-state index contributed by atoms with van der Waals surface area (Å²) in [6, 6.07) is 14.8. The van der Waals surface area contributed by atoms with Crippen molar-refractivity contribution in [2.45, 2.75) is 0 Å². The van der Waals surface area contributed by atoms with Crippen molar-refractivity contribution in [3.8, 4) is 11.5 Å². The summed E-state index contributed by atoms with van der Waals surface area (Å²) < 4.78 is 24.4. The van der Waals surface area contributed by atoms with E-state index in [0.29, 0.717) is 0 Å². The van der Waals surface area contributed by atoms with E-state index < -0.39 is 19.5 Å². The zero-order valence-corrected chi connectivity index (χ0v) is 12.6. The molecule has 4 heteroatoms. The molecule has 0 aliphatic rings. The van der Waals surface area contributed by atoms with Gasteiger partial charge in [0, 0.05) is 0 Å². The van der Waals surface area contributed by atoms with Crippen molar-refractivity contribution in [2.24, 2.45) is 0 Å². The fourth-order valence-electron chi connectivity index (χ4n) is 1.53. The first-order valence-corrected chi connectivity index (χ1v) is 8.72. The van der Waals surface area contributed by atoms with Gasteiger partial charge in [0.05, 0.1) is 0 Å². The Morgan fingerprint density at radius 3 is 1.33 bits per heavy atom.